The molecule has 3 aromatic carbocycles. The molecule has 11 heteroatoms. The molecule has 0 bridgehead atoms. The summed E-state index contributed by atoms with van der Waals surface area (Å²) in [5, 5.41) is 6.76. The number of nitrogens with zero attached hydrogens (tertiary/aromatic N) is 3. The molecule has 0 radical (unpaired) electrons. The number of halogens is 2. The molecule has 1 unspecified atom stereocenters. The number of benzene rings is 3. The number of pyridine rings is 1. The summed E-state index contributed by atoms with van der Waals surface area (Å²) in [7, 11) is 0. The number of amidine groups is 1. The second kappa shape index (κ2) is 12.4. The number of aromatic nitrogens is 1. The Labute approximate surface area is 228 Å². The molecule has 0 saturated carbocycles. The number of aliphatic imine (C=N–C) groups is 2. The van der Waals surface area contributed by atoms with E-state index in [0.29, 0.717) is 11.8 Å². The first kappa shape index (κ1) is 27.6. The SMILES string of the molecule is C=CN=C(N)NC(=O)C(Cc1cc(F)cc(F)c1)NC(=O)c1ccccc1N=C(N)c1cc2ccccc2cn1. The number of rotatable bonds is 8. The van der Waals surface area contributed by atoms with E-state index in [1.165, 1.54) is 6.07 Å². The molecule has 0 aliphatic rings. The maximum absolute atomic E-state index is 13.8. The fourth-order valence-electron chi connectivity index (χ4n) is 3.93. The van der Waals surface area contributed by atoms with Gasteiger partial charge in [-0.1, -0.05) is 43.0 Å². The largest absolute Gasteiger partial charge is 0.382 e. The molecule has 0 aliphatic heterocycles. The van der Waals surface area contributed by atoms with Gasteiger partial charge in [-0.05, 0) is 41.3 Å². The van der Waals surface area contributed by atoms with Crippen LogP contribution in [0.5, 0.6) is 0 Å². The van der Waals surface area contributed by atoms with Crippen molar-refractivity contribution in [2.24, 2.45) is 21.5 Å². The Morgan fingerprint density at radius 3 is 2.38 bits per heavy atom. The summed E-state index contributed by atoms with van der Waals surface area (Å²) in [6.07, 6.45) is 2.54. The maximum atomic E-state index is 13.8. The molecule has 0 saturated heterocycles. The zero-order chi connectivity index (χ0) is 28.6. The summed E-state index contributed by atoms with van der Waals surface area (Å²) in [5.74, 6) is -3.30. The fourth-order valence-corrected chi connectivity index (χ4v) is 3.93. The lowest BCUT2D eigenvalue weighted by Gasteiger charge is -2.19. The number of carbonyl (C=O) groups excluding carboxylic acids is 2. The summed E-state index contributed by atoms with van der Waals surface area (Å²) in [4.78, 5) is 38.8. The molecule has 1 atom stereocenters. The smallest absolute Gasteiger partial charge is 0.254 e. The van der Waals surface area contributed by atoms with E-state index in [1.54, 1.807) is 30.5 Å². The number of carbonyl (C=O) groups is 2. The van der Waals surface area contributed by atoms with Gasteiger partial charge in [0.1, 0.15) is 29.2 Å². The molecule has 4 rings (SSSR count). The summed E-state index contributed by atoms with van der Waals surface area (Å²) in [5.41, 5.74) is 12.8. The number of nitrogens with one attached hydrogen (secondary N) is 2. The molecule has 4 aromatic rings. The Morgan fingerprint density at radius 1 is 0.975 bits per heavy atom. The Hall–Kier alpha value is -5.45. The van der Waals surface area contributed by atoms with E-state index < -0.39 is 29.5 Å². The highest BCUT2D eigenvalue weighted by Gasteiger charge is 2.24. The van der Waals surface area contributed by atoms with Crippen LogP contribution in [-0.2, 0) is 11.2 Å². The van der Waals surface area contributed by atoms with Crippen molar-refractivity contribution in [1.29, 1.82) is 0 Å². The van der Waals surface area contributed by atoms with Gasteiger partial charge in [-0.3, -0.25) is 19.9 Å². The van der Waals surface area contributed by atoms with Crippen molar-refractivity contribution < 1.29 is 18.4 Å². The van der Waals surface area contributed by atoms with Crippen LogP contribution >= 0.6 is 0 Å². The third kappa shape index (κ3) is 6.90. The highest BCUT2D eigenvalue weighted by Crippen LogP contribution is 2.21. The second-order valence-electron chi connectivity index (χ2n) is 8.62. The molecule has 0 aliphatic carbocycles. The molecular weight excluding hydrogens is 516 g/mol. The quantitative estimate of drug-likeness (QED) is 0.199. The van der Waals surface area contributed by atoms with Crippen LogP contribution in [0.2, 0.25) is 0 Å². The predicted molar refractivity (Wildman–Crippen MR) is 150 cm³/mol. The minimum atomic E-state index is -1.29. The number of fused-ring (bicyclic) bond motifs is 1. The standard InChI is InChI=1S/C29H25F2N7O2/c1-2-34-29(33)38-28(40)25(13-17-11-20(30)15-21(31)12-17)37-27(39)22-9-5-6-10-23(22)36-26(32)24-14-18-7-3-4-8-19(18)16-35-24/h2-12,14-16,25H,1,13H2,(H2,32,36)(H,37,39)(H3,33,34,38,40). The van der Waals surface area contributed by atoms with Crippen molar-refractivity contribution in [3.05, 3.63) is 120 Å². The Bertz CT molecular complexity index is 1630. The molecule has 2 amide bonds. The lowest BCUT2D eigenvalue weighted by atomic mass is 10.0. The van der Waals surface area contributed by atoms with E-state index in [4.69, 9.17) is 11.5 Å². The Balaban J connectivity index is 1.63. The van der Waals surface area contributed by atoms with Gasteiger partial charge in [0.15, 0.2) is 5.96 Å². The number of amides is 2. The highest BCUT2D eigenvalue weighted by molar-refractivity contribution is 6.06. The normalized spacial score (nSPS) is 12.6. The lowest BCUT2D eigenvalue weighted by Crippen LogP contribution is -2.51. The van der Waals surface area contributed by atoms with Gasteiger partial charge in [0.2, 0.25) is 5.91 Å². The fraction of sp³-hybridized carbons (Fsp3) is 0.0690. The van der Waals surface area contributed by atoms with Gasteiger partial charge in [0, 0.05) is 30.3 Å². The van der Waals surface area contributed by atoms with Crippen molar-refractivity contribution in [1.82, 2.24) is 15.6 Å². The van der Waals surface area contributed by atoms with Crippen LogP contribution in [0, 0.1) is 11.6 Å². The number of guanidine groups is 1. The average molecular weight is 542 g/mol. The minimum Gasteiger partial charge on any atom is -0.382 e. The van der Waals surface area contributed by atoms with Gasteiger partial charge in [0.25, 0.3) is 5.91 Å². The number of para-hydroxylation sites is 1. The lowest BCUT2D eigenvalue weighted by molar-refractivity contribution is -0.121. The molecule has 202 valence electrons. The summed E-state index contributed by atoms with van der Waals surface area (Å²) < 4.78 is 27.6. The molecular formula is C29H25F2N7O2. The van der Waals surface area contributed by atoms with Crippen LogP contribution in [-0.4, -0.2) is 34.6 Å². The zero-order valence-electron chi connectivity index (χ0n) is 21.1. The van der Waals surface area contributed by atoms with Crippen LogP contribution in [0.25, 0.3) is 10.8 Å². The van der Waals surface area contributed by atoms with Gasteiger partial charge in [-0.25, -0.2) is 18.8 Å². The maximum Gasteiger partial charge on any atom is 0.254 e. The molecule has 6 N–H and O–H groups in total. The third-order valence-corrected chi connectivity index (χ3v) is 5.75. The zero-order valence-corrected chi connectivity index (χ0v) is 21.1. The van der Waals surface area contributed by atoms with E-state index in [-0.39, 0.29) is 35.0 Å². The van der Waals surface area contributed by atoms with Crippen LogP contribution in [0.4, 0.5) is 14.5 Å². The Morgan fingerprint density at radius 2 is 1.65 bits per heavy atom. The predicted octanol–water partition coefficient (Wildman–Crippen LogP) is 3.47. The molecule has 9 nitrogen and oxygen atoms in total. The molecule has 0 fully saturated rings. The van der Waals surface area contributed by atoms with E-state index in [0.717, 1.165) is 29.1 Å². The molecule has 1 heterocycles. The van der Waals surface area contributed by atoms with E-state index >= 15 is 0 Å². The summed E-state index contributed by atoms with van der Waals surface area (Å²) in [6.45, 7) is 3.40. The van der Waals surface area contributed by atoms with Crippen LogP contribution in [0.1, 0.15) is 21.6 Å². The first-order chi connectivity index (χ1) is 19.2. The topological polar surface area (TPSA) is 148 Å². The average Bonchev–Trinajstić information content (AvgIpc) is 2.92. The van der Waals surface area contributed by atoms with Gasteiger partial charge < -0.3 is 16.8 Å². The molecule has 1 aromatic heterocycles. The second-order valence-corrected chi connectivity index (χ2v) is 8.62. The van der Waals surface area contributed by atoms with Crippen LogP contribution in [0.3, 0.4) is 0 Å². The van der Waals surface area contributed by atoms with Gasteiger partial charge in [-0.2, -0.15) is 0 Å². The number of hydrogen-bond donors (Lipinski definition) is 4. The Kier molecular flexibility index (Phi) is 8.55. The van der Waals surface area contributed by atoms with E-state index in [1.807, 2.05) is 24.3 Å². The number of nitrogens with two attached hydrogens (primary N) is 2. The monoisotopic (exact) mass is 541 g/mol. The van der Waals surface area contributed by atoms with Crippen molar-refractivity contribution >= 4 is 40.1 Å². The van der Waals surface area contributed by atoms with Gasteiger partial charge in [-0.15, -0.1) is 0 Å². The van der Waals surface area contributed by atoms with Crippen molar-refractivity contribution in [2.45, 2.75) is 12.5 Å². The van der Waals surface area contributed by atoms with E-state index in [2.05, 4.69) is 32.2 Å². The highest BCUT2D eigenvalue weighted by atomic mass is 19.1. The van der Waals surface area contributed by atoms with Gasteiger partial charge in [0.05, 0.1) is 11.3 Å². The van der Waals surface area contributed by atoms with Crippen molar-refractivity contribution in [2.75, 3.05) is 0 Å². The van der Waals surface area contributed by atoms with Crippen molar-refractivity contribution in [3.8, 4) is 0 Å². The first-order valence-corrected chi connectivity index (χ1v) is 12.0. The molecule has 40 heavy (non-hydrogen) atoms. The van der Waals surface area contributed by atoms with Gasteiger partial charge >= 0.3 is 0 Å². The van der Waals surface area contributed by atoms with Crippen molar-refractivity contribution in [3.63, 3.8) is 0 Å². The minimum absolute atomic E-state index is 0.0731. The molecule has 0 spiro atoms. The first-order valence-electron chi connectivity index (χ1n) is 12.0. The van der Waals surface area contributed by atoms with Crippen LogP contribution in [0.15, 0.2) is 102 Å². The van der Waals surface area contributed by atoms with E-state index in [9.17, 15) is 18.4 Å². The summed E-state index contributed by atoms with van der Waals surface area (Å²) >= 11 is 0. The summed E-state index contributed by atoms with van der Waals surface area (Å²) in [6, 6.07) is 17.3. The number of hydrogen-bond acceptors (Lipinski definition) is 5. The third-order valence-electron chi connectivity index (χ3n) is 5.75. The van der Waals surface area contributed by atoms with Crippen LogP contribution < -0.4 is 22.1 Å².